The molecule has 25 heavy (non-hydrogen) atoms. The number of rotatable bonds is 6. The highest BCUT2D eigenvalue weighted by Crippen LogP contribution is 2.40. The number of unbranched alkanes of at least 4 members (excludes halogenated alkanes) is 2. The number of carboxylic acids is 1. The van der Waals surface area contributed by atoms with E-state index in [-0.39, 0.29) is 11.8 Å². The van der Waals surface area contributed by atoms with Crippen LogP contribution in [0.2, 0.25) is 0 Å². The number of hydrogen-bond donors (Lipinski definition) is 2. The van der Waals surface area contributed by atoms with Gasteiger partial charge in [-0.05, 0) is 54.5 Å². The molecule has 0 bridgehead atoms. The van der Waals surface area contributed by atoms with Crippen molar-refractivity contribution in [3.05, 3.63) is 21.9 Å². The fourth-order valence-electron chi connectivity index (χ4n) is 3.68. The van der Waals surface area contributed by atoms with Gasteiger partial charge in [-0.3, -0.25) is 4.79 Å². The molecule has 0 unspecified atom stereocenters. The largest absolute Gasteiger partial charge is 0.481 e. The molecule has 136 valence electrons. The van der Waals surface area contributed by atoms with Crippen LogP contribution in [0.15, 0.2) is 10.7 Å². The molecule has 6 nitrogen and oxygen atoms in total. The summed E-state index contributed by atoms with van der Waals surface area (Å²) < 4.78 is 2.50. The molecule has 0 amide bonds. The molecule has 0 radical (unpaired) electrons. The summed E-state index contributed by atoms with van der Waals surface area (Å²) in [6.45, 7) is 2.19. The number of aromatic nitrogens is 3. The smallest absolute Gasteiger partial charge is 0.306 e. The quantitative estimate of drug-likeness (QED) is 0.699. The Balaban J connectivity index is 1.89. The van der Waals surface area contributed by atoms with E-state index in [1.54, 1.807) is 4.52 Å². The summed E-state index contributed by atoms with van der Waals surface area (Å²) in [5.74, 6) is -0.0946. The molecule has 1 saturated carbocycles. The summed E-state index contributed by atoms with van der Waals surface area (Å²) in [6, 6.07) is 0. The second-order valence-electron chi connectivity index (χ2n) is 6.95. The van der Waals surface area contributed by atoms with E-state index in [2.05, 4.69) is 28.0 Å². The molecule has 0 aromatic carbocycles. The van der Waals surface area contributed by atoms with E-state index in [4.69, 9.17) is 10.7 Å². The lowest BCUT2D eigenvalue weighted by molar-refractivity contribution is -0.142. The zero-order chi connectivity index (χ0) is 18.0. The number of aliphatic carboxylic acids is 1. The Labute approximate surface area is 155 Å². The normalized spacial score (nSPS) is 20.9. The number of hydrogen-bond acceptors (Lipinski definition) is 4. The van der Waals surface area contributed by atoms with E-state index < -0.39 is 5.97 Å². The summed E-state index contributed by atoms with van der Waals surface area (Å²) in [7, 11) is 0. The molecule has 1 aliphatic rings. The Morgan fingerprint density at radius 3 is 2.72 bits per heavy atom. The van der Waals surface area contributed by atoms with E-state index in [9.17, 15) is 9.90 Å². The molecule has 0 aliphatic heterocycles. The predicted molar refractivity (Wildman–Crippen MR) is 101 cm³/mol. The van der Waals surface area contributed by atoms with E-state index in [1.807, 2.05) is 6.20 Å². The van der Waals surface area contributed by atoms with Crippen LogP contribution in [-0.2, 0) is 11.2 Å². The zero-order valence-electron chi connectivity index (χ0n) is 14.5. The number of anilines is 1. The van der Waals surface area contributed by atoms with Crippen LogP contribution in [0.4, 0.5) is 5.82 Å². The van der Waals surface area contributed by atoms with Gasteiger partial charge >= 0.3 is 5.97 Å². The third kappa shape index (κ3) is 3.66. The molecule has 2 aromatic heterocycles. The Morgan fingerprint density at radius 2 is 2.08 bits per heavy atom. The van der Waals surface area contributed by atoms with Crippen LogP contribution < -0.4 is 5.73 Å². The minimum atomic E-state index is -0.686. The third-order valence-electron chi connectivity index (χ3n) is 5.23. The minimum Gasteiger partial charge on any atom is -0.481 e. The molecule has 7 heteroatoms. The van der Waals surface area contributed by atoms with Gasteiger partial charge in [0.25, 0.3) is 0 Å². The first-order chi connectivity index (χ1) is 12.0. The first-order valence-electron chi connectivity index (χ1n) is 9.07. The second-order valence-corrected chi connectivity index (χ2v) is 7.74. The zero-order valence-corrected chi connectivity index (χ0v) is 16.1. The topological polar surface area (TPSA) is 93.5 Å². The van der Waals surface area contributed by atoms with Crippen LogP contribution in [0, 0.1) is 5.92 Å². The van der Waals surface area contributed by atoms with Gasteiger partial charge in [0.05, 0.1) is 22.3 Å². The van der Waals surface area contributed by atoms with Crippen molar-refractivity contribution >= 4 is 33.4 Å². The van der Waals surface area contributed by atoms with Gasteiger partial charge in [-0.25, -0.2) is 4.98 Å². The van der Waals surface area contributed by atoms with Gasteiger partial charge in [0, 0.05) is 11.5 Å². The van der Waals surface area contributed by atoms with Gasteiger partial charge in [0.15, 0.2) is 5.65 Å². The number of nitrogen functional groups attached to an aromatic ring is 1. The van der Waals surface area contributed by atoms with Crippen molar-refractivity contribution in [2.45, 2.75) is 64.2 Å². The van der Waals surface area contributed by atoms with Crippen LogP contribution in [0.25, 0.3) is 5.65 Å². The first-order valence-corrected chi connectivity index (χ1v) is 9.86. The molecule has 1 aliphatic carbocycles. The van der Waals surface area contributed by atoms with E-state index in [0.717, 1.165) is 47.1 Å². The van der Waals surface area contributed by atoms with Crippen molar-refractivity contribution in [1.29, 1.82) is 0 Å². The Morgan fingerprint density at radius 1 is 1.36 bits per heavy atom. The number of halogens is 1. The molecular weight excluding hydrogens is 384 g/mol. The van der Waals surface area contributed by atoms with Crippen molar-refractivity contribution in [3.8, 4) is 0 Å². The predicted octanol–water partition coefficient (Wildman–Crippen LogP) is 4.17. The summed E-state index contributed by atoms with van der Waals surface area (Å²) in [5.41, 5.74) is 9.21. The van der Waals surface area contributed by atoms with Gasteiger partial charge in [0.2, 0.25) is 0 Å². The monoisotopic (exact) mass is 408 g/mol. The van der Waals surface area contributed by atoms with E-state index >= 15 is 0 Å². The van der Waals surface area contributed by atoms with Gasteiger partial charge in [0.1, 0.15) is 5.82 Å². The molecule has 0 spiro atoms. The fourth-order valence-corrected chi connectivity index (χ4v) is 4.27. The lowest BCUT2D eigenvalue weighted by Crippen LogP contribution is -2.21. The molecule has 2 aromatic rings. The standard InChI is InChI=1S/C18H25BrN4O2/c1-2-3-4-5-13-10-21-23-16(20)14(19)15(22-17(13)23)11-6-8-12(9-7-11)18(24)25/h10-12H,2-9,20H2,1H3,(H,24,25)/t11-,12-. The van der Waals surface area contributed by atoms with Crippen molar-refractivity contribution < 1.29 is 9.90 Å². The summed E-state index contributed by atoms with van der Waals surface area (Å²) in [4.78, 5) is 16.1. The first kappa shape index (κ1) is 18.2. The fraction of sp³-hybridized carbons (Fsp3) is 0.611. The van der Waals surface area contributed by atoms with Crippen molar-refractivity contribution in [1.82, 2.24) is 14.6 Å². The van der Waals surface area contributed by atoms with Gasteiger partial charge in [-0.2, -0.15) is 9.61 Å². The van der Waals surface area contributed by atoms with Crippen molar-refractivity contribution in [3.63, 3.8) is 0 Å². The molecule has 3 N–H and O–H groups in total. The van der Waals surface area contributed by atoms with Crippen LogP contribution in [0.5, 0.6) is 0 Å². The van der Waals surface area contributed by atoms with E-state index in [0.29, 0.717) is 18.7 Å². The molecule has 2 heterocycles. The van der Waals surface area contributed by atoms with Gasteiger partial charge < -0.3 is 10.8 Å². The van der Waals surface area contributed by atoms with E-state index in [1.165, 1.54) is 12.8 Å². The number of carbonyl (C=O) groups is 1. The van der Waals surface area contributed by atoms with Crippen molar-refractivity contribution in [2.75, 3.05) is 5.73 Å². The van der Waals surface area contributed by atoms with Gasteiger partial charge in [-0.1, -0.05) is 19.8 Å². The maximum absolute atomic E-state index is 11.2. The lowest BCUT2D eigenvalue weighted by atomic mass is 9.80. The maximum Gasteiger partial charge on any atom is 0.306 e. The summed E-state index contributed by atoms with van der Waals surface area (Å²) >= 11 is 3.59. The molecule has 0 saturated heterocycles. The van der Waals surface area contributed by atoms with Crippen molar-refractivity contribution in [2.24, 2.45) is 5.92 Å². The summed E-state index contributed by atoms with van der Waals surface area (Å²) in [6.07, 6.45) is 9.36. The number of fused-ring (bicyclic) bond motifs is 1. The highest BCUT2D eigenvalue weighted by Gasteiger charge is 2.30. The van der Waals surface area contributed by atoms with Gasteiger partial charge in [-0.15, -0.1) is 0 Å². The highest BCUT2D eigenvalue weighted by molar-refractivity contribution is 9.10. The van der Waals surface area contributed by atoms with Crippen LogP contribution in [0.3, 0.4) is 0 Å². The molecule has 3 rings (SSSR count). The Kier molecular flexibility index (Phi) is 5.61. The lowest BCUT2D eigenvalue weighted by Gasteiger charge is -2.26. The molecule has 1 fully saturated rings. The second kappa shape index (κ2) is 7.72. The number of carboxylic acid groups (broad SMARTS) is 1. The average molecular weight is 409 g/mol. The average Bonchev–Trinajstić information content (AvgIpc) is 3.01. The number of nitrogens with two attached hydrogens (primary N) is 1. The summed E-state index contributed by atoms with van der Waals surface area (Å²) in [5, 5.41) is 13.6. The van der Waals surface area contributed by atoms with Crippen LogP contribution in [0.1, 0.15) is 69.0 Å². The molecule has 0 atom stereocenters. The third-order valence-corrected chi connectivity index (χ3v) is 6.05. The number of aryl methyl sites for hydroxylation is 1. The maximum atomic E-state index is 11.2. The highest BCUT2D eigenvalue weighted by atomic mass is 79.9. The Hall–Kier alpha value is -1.63. The van der Waals surface area contributed by atoms with Crippen LogP contribution >= 0.6 is 15.9 Å². The number of nitrogens with zero attached hydrogens (tertiary/aromatic N) is 3. The Bertz CT molecular complexity index is 766. The molecular formula is C18H25BrN4O2. The minimum absolute atomic E-state index is 0.226. The SMILES string of the molecule is CCCCCc1cnn2c(N)c(Br)c([C@H]3CC[C@H](C(=O)O)CC3)nc12. The van der Waals surface area contributed by atoms with Crippen LogP contribution in [-0.4, -0.2) is 25.7 Å².